The zero-order chi connectivity index (χ0) is 22.3. The Labute approximate surface area is 191 Å². The molecule has 1 amide bonds. The van der Waals surface area contributed by atoms with E-state index >= 15 is 0 Å². The van der Waals surface area contributed by atoms with Gasteiger partial charge in [-0.3, -0.25) is 14.8 Å². The van der Waals surface area contributed by atoms with Crippen LogP contribution in [0.25, 0.3) is 20.4 Å². The van der Waals surface area contributed by atoms with Gasteiger partial charge in [-0.25, -0.2) is 18.4 Å². The number of hydrogen-bond acceptors (Lipinski definition) is 7. The van der Waals surface area contributed by atoms with Gasteiger partial charge in [0.1, 0.15) is 0 Å². The van der Waals surface area contributed by atoms with E-state index in [0.717, 1.165) is 25.4 Å². The molecule has 0 spiro atoms. The molecule has 32 heavy (non-hydrogen) atoms. The molecule has 2 heterocycles. The number of fused-ring (bicyclic) bond motifs is 3. The van der Waals surface area contributed by atoms with Gasteiger partial charge in [-0.05, 0) is 55.5 Å². The standard InChI is InChI=1S/C22H16N4O3S3/c1-13-23-17-11-12-18-20(19(17)30-13)31-22(24-18)25-21(27)14-7-9-15(10-8-14)26-32(28,29)16-5-3-2-4-6-16/h2-12,26H,1H3,(H,24,25,27). The van der Waals surface area contributed by atoms with E-state index in [1.165, 1.54) is 23.5 Å². The summed E-state index contributed by atoms with van der Waals surface area (Å²) in [5.41, 5.74) is 2.50. The van der Waals surface area contributed by atoms with Gasteiger partial charge in [0.2, 0.25) is 0 Å². The Balaban J connectivity index is 1.33. The van der Waals surface area contributed by atoms with E-state index in [0.29, 0.717) is 16.4 Å². The van der Waals surface area contributed by atoms with Gasteiger partial charge in [-0.2, -0.15) is 0 Å². The highest BCUT2D eigenvalue weighted by atomic mass is 32.2. The molecule has 0 saturated carbocycles. The number of aromatic nitrogens is 2. The minimum atomic E-state index is -3.69. The number of amides is 1. The van der Waals surface area contributed by atoms with Crippen molar-refractivity contribution in [1.29, 1.82) is 0 Å². The summed E-state index contributed by atoms with van der Waals surface area (Å²) in [5.74, 6) is -0.321. The predicted molar refractivity (Wildman–Crippen MR) is 129 cm³/mol. The van der Waals surface area contributed by atoms with Crippen molar-refractivity contribution in [3.8, 4) is 0 Å². The van der Waals surface area contributed by atoms with E-state index in [9.17, 15) is 13.2 Å². The molecule has 0 aliphatic carbocycles. The topological polar surface area (TPSA) is 101 Å². The minimum absolute atomic E-state index is 0.169. The molecule has 0 fully saturated rings. The second kappa shape index (κ2) is 7.97. The maximum absolute atomic E-state index is 12.7. The van der Waals surface area contributed by atoms with Crippen LogP contribution in [-0.2, 0) is 10.0 Å². The van der Waals surface area contributed by atoms with Gasteiger partial charge >= 0.3 is 0 Å². The third-order valence-corrected chi connectivity index (χ3v) is 8.23. The second-order valence-electron chi connectivity index (χ2n) is 6.96. The van der Waals surface area contributed by atoms with E-state index in [-0.39, 0.29) is 10.8 Å². The smallest absolute Gasteiger partial charge is 0.261 e. The lowest BCUT2D eigenvalue weighted by Crippen LogP contribution is -2.14. The summed E-state index contributed by atoms with van der Waals surface area (Å²) in [4.78, 5) is 21.9. The summed E-state index contributed by atoms with van der Waals surface area (Å²) in [6.07, 6.45) is 0. The van der Waals surface area contributed by atoms with Gasteiger partial charge in [0, 0.05) is 11.3 Å². The molecular formula is C22H16N4O3S3. The first kappa shape index (κ1) is 20.6. The van der Waals surface area contributed by atoms with Gasteiger partial charge < -0.3 is 0 Å². The molecule has 0 bridgehead atoms. The summed E-state index contributed by atoms with van der Waals surface area (Å²) in [6, 6.07) is 18.2. The summed E-state index contributed by atoms with van der Waals surface area (Å²) in [6.45, 7) is 1.96. The molecule has 0 atom stereocenters. The number of nitrogens with one attached hydrogen (secondary N) is 2. The molecule has 0 saturated heterocycles. The van der Waals surface area contributed by atoms with E-state index in [4.69, 9.17) is 0 Å². The van der Waals surface area contributed by atoms with Gasteiger partial charge in [-0.1, -0.05) is 29.5 Å². The summed E-state index contributed by atoms with van der Waals surface area (Å²) in [7, 11) is -3.69. The number of anilines is 2. The Morgan fingerprint density at radius 3 is 2.22 bits per heavy atom. The monoisotopic (exact) mass is 480 g/mol. The summed E-state index contributed by atoms with van der Waals surface area (Å²) in [5, 5.41) is 4.31. The molecule has 2 N–H and O–H groups in total. The Kier molecular flexibility index (Phi) is 5.12. The van der Waals surface area contributed by atoms with Crippen molar-refractivity contribution in [2.75, 3.05) is 10.0 Å². The molecule has 7 nitrogen and oxygen atoms in total. The quantitative estimate of drug-likeness (QED) is 0.357. The van der Waals surface area contributed by atoms with E-state index in [2.05, 4.69) is 20.0 Å². The lowest BCUT2D eigenvalue weighted by Gasteiger charge is -2.08. The number of thiazole rings is 2. The number of hydrogen-bond donors (Lipinski definition) is 2. The molecule has 3 aromatic carbocycles. The predicted octanol–water partition coefficient (Wildman–Crippen LogP) is 5.27. The van der Waals surface area contributed by atoms with Gasteiger partial charge in [0.15, 0.2) is 5.13 Å². The molecule has 10 heteroatoms. The normalized spacial score (nSPS) is 11.7. The average molecular weight is 481 g/mol. The molecule has 0 aliphatic heterocycles. The van der Waals surface area contributed by atoms with Crippen LogP contribution in [-0.4, -0.2) is 24.3 Å². The molecule has 2 aromatic heterocycles. The highest BCUT2D eigenvalue weighted by molar-refractivity contribution is 7.92. The number of aryl methyl sites for hydroxylation is 1. The fourth-order valence-electron chi connectivity index (χ4n) is 3.21. The highest BCUT2D eigenvalue weighted by Crippen LogP contribution is 2.35. The number of nitrogens with zero attached hydrogens (tertiary/aromatic N) is 2. The van der Waals surface area contributed by atoms with Crippen LogP contribution in [0.2, 0.25) is 0 Å². The average Bonchev–Trinajstić information content (AvgIpc) is 3.36. The third kappa shape index (κ3) is 3.95. The molecule has 5 rings (SSSR count). The van der Waals surface area contributed by atoms with E-state index in [1.807, 2.05) is 19.1 Å². The largest absolute Gasteiger partial charge is 0.298 e. The number of carbonyl (C=O) groups excluding carboxylic acids is 1. The summed E-state index contributed by atoms with van der Waals surface area (Å²) >= 11 is 3.01. The van der Waals surface area contributed by atoms with Crippen LogP contribution in [0, 0.1) is 6.92 Å². The maximum atomic E-state index is 12.7. The van der Waals surface area contributed by atoms with Crippen LogP contribution in [0.4, 0.5) is 10.8 Å². The van der Waals surface area contributed by atoms with Crippen molar-refractivity contribution >= 4 is 69.9 Å². The summed E-state index contributed by atoms with van der Waals surface area (Å²) < 4.78 is 29.5. The first-order valence-electron chi connectivity index (χ1n) is 9.55. The maximum Gasteiger partial charge on any atom is 0.261 e. The van der Waals surface area contributed by atoms with Crippen LogP contribution < -0.4 is 10.0 Å². The first-order chi connectivity index (χ1) is 15.4. The highest BCUT2D eigenvalue weighted by Gasteiger charge is 2.15. The molecule has 0 unspecified atom stereocenters. The second-order valence-corrected chi connectivity index (χ2v) is 10.8. The molecular weight excluding hydrogens is 464 g/mol. The zero-order valence-electron chi connectivity index (χ0n) is 16.7. The Bertz CT molecular complexity index is 1560. The number of carbonyl (C=O) groups is 1. The third-order valence-electron chi connectivity index (χ3n) is 4.69. The van der Waals surface area contributed by atoms with Crippen LogP contribution in [0.1, 0.15) is 15.4 Å². The van der Waals surface area contributed by atoms with Crippen molar-refractivity contribution in [2.24, 2.45) is 0 Å². The van der Waals surface area contributed by atoms with Crippen LogP contribution in [0.3, 0.4) is 0 Å². The molecule has 0 radical (unpaired) electrons. The van der Waals surface area contributed by atoms with Crippen molar-refractivity contribution in [3.05, 3.63) is 77.3 Å². The number of sulfonamides is 1. The first-order valence-corrected chi connectivity index (χ1v) is 12.7. The SMILES string of the molecule is Cc1nc2ccc3nc(NC(=O)c4ccc(NS(=O)(=O)c5ccccc5)cc4)sc3c2s1. The van der Waals surface area contributed by atoms with Crippen LogP contribution >= 0.6 is 22.7 Å². The van der Waals surface area contributed by atoms with Crippen LogP contribution in [0.15, 0.2) is 71.6 Å². The molecule has 0 aliphatic rings. The lowest BCUT2D eigenvalue weighted by atomic mass is 10.2. The van der Waals surface area contributed by atoms with Crippen molar-refractivity contribution in [3.63, 3.8) is 0 Å². The zero-order valence-corrected chi connectivity index (χ0v) is 19.1. The Morgan fingerprint density at radius 1 is 0.844 bits per heavy atom. The number of rotatable bonds is 5. The van der Waals surface area contributed by atoms with Crippen molar-refractivity contribution in [2.45, 2.75) is 11.8 Å². The van der Waals surface area contributed by atoms with E-state index < -0.39 is 10.0 Å². The van der Waals surface area contributed by atoms with Gasteiger partial charge in [0.05, 0.1) is 30.3 Å². The van der Waals surface area contributed by atoms with E-state index in [1.54, 1.807) is 53.8 Å². The van der Waals surface area contributed by atoms with Crippen molar-refractivity contribution in [1.82, 2.24) is 9.97 Å². The fraction of sp³-hybridized carbons (Fsp3) is 0.0455. The number of benzene rings is 3. The molecule has 160 valence electrons. The van der Waals surface area contributed by atoms with Crippen LogP contribution in [0.5, 0.6) is 0 Å². The lowest BCUT2D eigenvalue weighted by molar-refractivity contribution is 0.102. The molecule has 5 aromatic rings. The Morgan fingerprint density at radius 2 is 1.50 bits per heavy atom. The Hall–Kier alpha value is -3.34. The van der Waals surface area contributed by atoms with Gasteiger partial charge in [-0.15, -0.1) is 11.3 Å². The van der Waals surface area contributed by atoms with Gasteiger partial charge in [0.25, 0.3) is 15.9 Å². The van der Waals surface area contributed by atoms with Crippen molar-refractivity contribution < 1.29 is 13.2 Å². The fourth-order valence-corrected chi connectivity index (χ4v) is 6.29. The minimum Gasteiger partial charge on any atom is -0.298 e.